The van der Waals surface area contributed by atoms with Gasteiger partial charge in [0.2, 0.25) is 0 Å². The van der Waals surface area contributed by atoms with Crippen molar-refractivity contribution < 1.29 is 5.11 Å². The number of hydrogen-bond donors (Lipinski definition) is 1. The minimum absolute atomic E-state index is 0.0625. The Hall–Kier alpha value is -0.300. The van der Waals surface area contributed by atoms with Crippen LogP contribution in [-0.2, 0) is 0 Å². The number of hydrogen-bond acceptors (Lipinski definition) is 1. The maximum atomic E-state index is 9.43. The number of aliphatic hydroxyl groups is 1. The van der Waals surface area contributed by atoms with Gasteiger partial charge in [0.15, 0.2) is 0 Å². The second-order valence-electron chi connectivity index (χ2n) is 3.42. The van der Waals surface area contributed by atoms with E-state index >= 15 is 0 Å². The molecule has 1 fully saturated rings. The first kappa shape index (κ1) is 5.48. The molecule has 1 heteroatoms. The van der Waals surface area contributed by atoms with E-state index in [9.17, 15) is 5.11 Å². The van der Waals surface area contributed by atoms with Gasteiger partial charge in [-0.15, -0.1) is 0 Å². The van der Waals surface area contributed by atoms with Crippen molar-refractivity contribution in [2.45, 2.75) is 25.9 Å². The molecule has 1 saturated carbocycles. The molecule has 0 unspecified atom stereocenters. The van der Waals surface area contributed by atoms with Gasteiger partial charge in [-0.1, -0.05) is 19.1 Å². The molecule has 0 aromatic rings. The lowest BCUT2D eigenvalue weighted by Gasteiger charge is -2.36. The summed E-state index contributed by atoms with van der Waals surface area (Å²) in [5.74, 6) is 0.687. The highest BCUT2D eigenvalue weighted by Crippen LogP contribution is 2.51. The van der Waals surface area contributed by atoms with Crippen molar-refractivity contribution in [3.8, 4) is 0 Å². The standard InChI is InChI=1S/C8H12O/c1-8-5-4-6(8)2-3-7(8)9/h4-7,9H,2-3H2,1H3/t6-,7+,8+/m1/s1. The van der Waals surface area contributed by atoms with Gasteiger partial charge in [0.25, 0.3) is 0 Å². The Kier molecular flexibility index (Phi) is 0.854. The number of rotatable bonds is 0. The summed E-state index contributed by atoms with van der Waals surface area (Å²) in [6.07, 6.45) is 6.49. The molecule has 3 atom stereocenters. The second-order valence-corrected chi connectivity index (χ2v) is 3.42. The highest BCUT2D eigenvalue weighted by Gasteiger charge is 2.47. The molecule has 0 aromatic carbocycles. The molecule has 0 saturated heterocycles. The van der Waals surface area contributed by atoms with Crippen molar-refractivity contribution in [3.63, 3.8) is 0 Å². The first-order chi connectivity index (χ1) is 4.23. The van der Waals surface area contributed by atoms with E-state index in [1.54, 1.807) is 0 Å². The summed E-state index contributed by atoms with van der Waals surface area (Å²) < 4.78 is 0. The zero-order valence-corrected chi connectivity index (χ0v) is 5.67. The van der Waals surface area contributed by atoms with Gasteiger partial charge in [0, 0.05) is 5.41 Å². The minimum atomic E-state index is -0.0625. The van der Waals surface area contributed by atoms with E-state index in [0.29, 0.717) is 5.92 Å². The minimum Gasteiger partial charge on any atom is -0.392 e. The quantitative estimate of drug-likeness (QED) is 0.483. The van der Waals surface area contributed by atoms with E-state index in [2.05, 4.69) is 19.1 Å². The summed E-state index contributed by atoms with van der Waals surface area (Å²) in [6, 6.07) is 0. The molecule has 0 bridgehead atoms. The van der Waals surface area contributed by atoms with Crippen molar-refractivity contribution in [1.29, 1.82) is 0 Å². The molecule has 9 heavy (non-hydrogen) atoms. The van der Waals surface area contributed by atoms with E-state index in [1.807, 2.05) is 0 Å². The Morgan fingerprint density at radius 1 is 1.56 bits per heavy atom. The maximum Gasteiger partial charge on any atom is 0.0634 e. The molecule has 0 aliphatic heterocycles. The fraction of sp³-hybridized carbons (Fsp3) is 0.750. The first-order valence-corrected chi connectivity index (χ1v) is 3.61. The molecule has 1 N–H and O–H groups in total. The maximum absolute atomic E-state index is 9.43. The van der Waals surface area contributed by atoms with Crippen molar-refractivity contribution in [2.24, 2.45) is 11.3 Å². The van der Waals surface area contributed by atoms with Crippen LogP contribution in [0.25, 0.3) is 0 Å². The van der Waals surface area contributed by atoms with Crippen LogP contribution in [0.2, 0.25) is 0 Å². The van der Waals surface area contributed by atoms with Crippen LogP contribution in [0.4, 0.5) is 0 Å². The summed E-state index contributed by atoms with van der Waals surface area (Å²) in [5.41, 5.74) is 0.167. The molecule has 2 rings (SSSR count). The fourth-order valence-electron chi connectivity index (χ4n) is 1.95. The Bertz CT molecular complexity index is 162. The highest BCUT2D eigenvalue weighted by atomic mass is 16.3. The summed E-state index contributed by atoms with van der Waals surface area (Å²) >= 11 is 0. The molecule has 0 heterocycles. The van der Waals surface area contributed by atoms with Crippen LogP contribution in [0, 0.1) is 11.3 Å². The van der Waals surface area contributed by atoms with Crippen LogP contribution in [0.5, 0.6) is 0 Å². The molecule has 1 nitrogen and oxygen atoms in total. The zero-order valence-electron chi connectivity index (χ0n) is 5.67. The van der Waals surface area contributed by atoms with Gasteiger partial charge in [-0.2, -0.15) is 0 Å². The van der Waals surface area contributed by atoms with Crippen LogP contribution in [-0.4, -0.2) is 11.2 Å². The normalized spacial score (nSPS) is 54.9. The molecule has 2 aliphatic carbocycles. The Balaban J connectivity index is 2.29. The van der Waals surface area contributed by atoms with Crippen molar-refractivity contribution in [1.82, 2.24) is 0 Å². The van der Waals surface area contributed by atoms with Gasteiger partial charge >= 0.3 is 0 Å². The second kappa shape index (κ2) is 1.40. The monoisotopic (exact) mass is 124 g/mol. The Morgan fingerprint density at radius 2 is 2.33 bits per heavy atom. The van der Waals surface area contributed by atoms with Crippen molar-refractivity contribution in [2.75, 3.05) is 0 Å². The lowest BCUT2D eigenvalue weighted by atomic mass is 9.70. The van der Waals surface area contributed by atoms with Crippen LogP contribution in [0.15, 0.2) is 12.2 Å². The predicted molar refractivity (Wildman–Crippen MR) is 36.0 cm³/mol. The van der Waals surface area contributed by atoms with Crippen LogP contribution < -0.4 is 0 Å². The van der Waals surface area contributed by atoms with Gasteiger partial charge in [0.1, 0.15) is 0 Å². The van der Waals surface area contributed by atoms with E-state index < -0.39 is 0 Å². The smallest absolute Gasteiger partial charge is 0.0634 e. The van der Waals surface area contributed by atoms with Crippen LogP contribution in [0.1, 0.15) is 19.8 Å². The number of allylic oxidation sites excluding steroid dienone is 1. The van der Waals surface area contributed by atoms with Crippen LogP contribution >= 0.6 is 0 Å². The summed E-state index contributed by atoms with van der Waals surface area (Å²) in [6.45, 7) is 2.15. The molecule has 50 valence electrons. The van der Waals surface area contributed by atoms with E-state index in [1.165, 1.54) is 6.42 Å². The lowest BCUT2D eigenvalue weighted by Crippen LogP contribution is -2.34. The van der Waals surface area contributed by atoms with E-state index in [4.69, 9.17) is 0 Å². The average Bonchev–Trinajstić information content (AvgIpc) is 1.96. The highest BCUT2D eigenvalue weighted by molar-refractivity contribution is 5.22. The SMILES string of the molecule is C[C@]12C=C[C@H]1CC[C@@H]2O. The third-order valence-electron chi connectivity index (χ3n) is 2.96. The molecule has 0 amide bonds. The molecular formula is C8H12O. The number of fused-ring (bicyclic) bond motifs is 1. The van der Waals surface area contributed by atoms with Gasteiger partial charge in [-0.3, -0.25) is 0 Å². The summed E-state index contributed by atoms with van der Waals surface area (Å²) in [5, 5.41) is 9.43. The van der Waals surface area contributed by atoms with Gasteiger partial charge in [-0.05, 0) is 18.8 Å². The topological polar surface area (TPSA) is 20.2 Å². The third-order valence-corrected chi connectivity index (χ3v) is 2.96. The first-order valence-electron chi connectivity index (χ1n) is 3.61. The van der Waals surface area contributed by atoms with Gasteiger partial charge in [-0.25, -0.2) is 0 Å². The largest absolute Gasteiger partial charge is 0.392 e. The predicted octanol–water partition coefficient (Wildman–Crippen LogP) is 1.33. The zero-order chi connectivity index (χ0) is 6.48. The molecule has 0 radical (unpaired) electrons. The molecule has 0 aromatic heterocycles. The average molecular weight is 124 g/mol. The van der Waals surface area contributed by atoms with Crippen molar-refractivity contribution >= 4 is 0 Å². The van der Waals surface area contributed by atoms with Crippen LogP contribution in [0.3, 0.4) is 0 Å². The fourth-order valence-corrected chi connectivity index (χ4v) is 1.95. The van der Waals surface area contributed by atoms with Crippen molar-refractivity contribution in [3.05, 3.63) is 12.2 Å². The molecular weight excluding hydrogens is 112 g/mol. The summed E-state index contributed by atoms with van der Waals surface area (Å²) in [4.78, 5) is 0. The molecule has 0 spiro atoms. The third kappa shape index (κ3) is 0.485. The number of aliphatic hydroxyl groups excluding tert-OH is 1. The van der Waals surface area contributed by atoms with Gasteiger partial charge < -0.3 is 5.11 Å². The lowest BCUT2D eigenvalue weighted by molar-refractivity contribution is 0.0738. The molecule has 2 aliphatic rings. The van der Waals surface area contributed by atoms with E-state index in [0.717, 1.165) is 6.42 Å². The summed E-state index contributed by atoms with van der Waals surface area (Å²) in [7, 11) is 0. The van der Waals surface area contributed by atoms with Gasteiger partial charge in [0.05, 0.1) is 6.10 Å². The van der Waals surface area contributed by atoms with E-state index in [-0.39, 0.29) is 11.5 Å². The Morgan fingerprint density at radius 3 is 2.56 bits per heavy atom. The Labute approximate surface area is 55.4 Å².